The molecule has 0 fully saturated rings. The van der Waals surface area contributed by atoms with Crippen molar-refractivity contribution >= 4 is 11.9 Å². The smallest absolute Gasteiger partial charge is 0.313 e. The molecule has 5 heteroatoms. The summed E-state index contributed by atoms with van der Waals surface area (Å²) in [6.45, 7) is 9.91. The third kappa shape index (κ3) is 3.24. The molecule has 0 bridgehead atoms. The molecule has 0 radical (unpaired) electrons. The van der Waals surface area contributed by atoms with Crippen LogP contribution in [-0.4, -0.2) is 28.3 Å². The molecule has 0 saturated heterocycles. The summed E-state index contributed by atoms with van der Waals surface area (Å²) in [6, 6.07) is 5.03. The number of ether oxygens (including phenoxy) is 1. The first-order valence-electron chi connectivity index (χ1n) is 7.19. The van der Waals surface area contributed by atoms with Gasteiger partial charge in [0, 0.05) is 5.56 Å². The van der Waals surface area contributed by atoms with E-state index < -0.39 is 22.8 Å². The molecular weight excluding hydrogens is 284 g/mol. The van der Waals surface area contributed by atoms with Gasteiger partial charge in [0.2, 0.25) is 0 Å². The molecular formula is C17H24O5. The largest absolute Gasteiger partial charge is 0.491 e. The van der Waals surface area contributed by atoms with Crippen molar-refractivity contribution in [2.45, 2.75) is 58.5 Å². The van der Waals surface area contributed by atoms with E-state index in [2.05, 4.69) is 0 Å². The lowest BCUT2D eigenvalue weighted by atomic mass is 9.73. The zero-order valence-corrected chi connectivity index (χ0v) is 13.9. The zero-order chi connectivity index (χ0) is 17.3. The Hall–Kier alpha value is -2.04. The lowest BCUT2D eigenvalue weighted by Gasteiger charge is -2.31. The van der Waals surface area contributed by atoms with Crippen molar-refractivity contribution in [1.29, 1.82) is 0 Å². The summed E-state index contributed by atoms with van der Waals surface area (Å²) < 4.78 is 5.74. The van der Waals surface area contributed by atoms with Crippen LogP contribution in [0.4, 0.5) is 0 Å². The van der Waals surface area contributed by atoms with E-state index in [0.717, 1.165) is 0 Å². The molecule has 0 unspecified atom stereocenters. The number of rotatable bonds is 6. The second-order valence-corrected chi connectivity index (χ2v) is 6.71. The van der Waals surface area contributed by atoms with Gasteiger partial charge in [-0.3, -0.25) is 9.59 Å². The van der Waals surface area contributed by atoms with Crippen LogP contribution in [0.15, 0.2) is 18.2 Å². The second-order valence-electron chi connectivity index (χ2n) is 6.71. The highest BCUT2D eigenvalue weighted by molar-refractivity contribution is 5.86. The van der Waals surface area contributed by atoms with Crippen molar-refractivity contribution in [2.24, 2.45) is 0 Å². The average Bonchev–Trinajstić information content (AvgIpc) is 2.36. The van der Waals surface area contributed by atoms with Crippen LogP contribution in [0.25, 0.3) is 0 Å². The van der Waals surface area contributed by atoms with E-state index in [1.54, 1.807) is 45.9 Å². The number of hydrogen-bond acceptors (Lipinski definition) is 3. The van der Waals surface area contributed by atoms with Crippen LogP contribution < -0.4 is 4.74 Å². The second kappa shape index (κ2) is 5.99. The van der Waals surface area contributed by atoms with Crippen LogP contribution in [0.2, 0.25) is 0 Å². The Morgan fingerprint density at radius 3 is 1.91 bits per heavy atom. The van der Waals surface area contributed by atoms with Gasteiger partial charge in [0.15, 0.2) is 0 Å². The molecule has 1 aromatic carbocycles. The van der Waals surface area contributed by atoms with Crippen LogP contribution in [0, 0.1) is 0 Å². The SMILES string of the molecule is CC(C)Oc1cccc(C(C)(C)C(=O)O)c1C(C)(C)C(=O)O. The Kier molecular flexibility index (Phi) is 4.90. The molecule has 0 aliphatic carbocycles. The maximum absolute atomic E-state index is 11.7. The highest BCUT2D eigenvalue weighted by atomic mass is 16.5. The molecule has 22 heavy (non-hydrogen) atoms. The van der Waals surface area contributed by atoms with Gasteiger partial charge in [-0.15, -0.1) is 0 Å². The van der Waals surface area contributed by atoms with Gasteiger partial charge in [0.25, 0.3) is 0 Å². The number of carbonyl (C=O) groups is 2. The summed E-state index contributed by atoms with van der Waals surface area (Å²) in [7, 11) is 0. The molecule has 0 amide bonds. The van der Waals surface area contributed by atoms with Gasteiger partial charge in [0.05, 0.1) is 16.9 Å². The predicted octanol–water partition coefficient (Wildman–Crippen LogP) is 3.20. The summed E-state index contributed by atoms with van der Waals surface area (Å²) in [5.41, 5.74) is -1.64. The lowest BCUT2D eigenvalue weighted by molar-refractivity contribution is -0.144. The number of carboxylic acid groups (broad SMARTS) is 2. The Morgan fingerprint density at radius 1 is 1.00 bits per heavy atom. The van der Waals surface area contributed by atoms with Crippen molar-refractivity contribution in [3.8, 4) is 5.75 Å². The summed E-state index contributed by atoms with van der Waals surface area (Å²) in [4.78, 5) is 23.3. The average molecular weight is 308 g/mol. The van der Waals surface area contributed by atoms with Gasteiger partial charge in [-0.25, -0.2) is 0 Å². The van der Waals surface area contributed by atoms with Crippen LogP contribution >= 0.6 is 0 Å². The standard InChI is InChI=1S/C17H24O5/c1-10(2)22-12-9-7-8-11(16(3,4)14(18)19)13(12)17(5,6)15(20)21/h7-10H,1-6H3,(H,18,19)(H,20,21). The van der Waals surface area contributed by atoms with Crippen molar-refractivity contribution in [2.75, 3.05) is 0 Å². The lowest BCUT2D eigenvalue weighted by Crippen LogP contribution is -2.37. The van der Waals surface area contributed by atoms with E-state index >= 15 is 0 Å². The zero-order valence-electron chi connectivity index (χ0n) is 13.9. The first kappa shape index (κ1) is 18.0. The van der Waals surface area contributed by atoms with Crippen LogP contribution in [0.5, 0.6) is 5.75 Å². The van der Waals surface area contributed by atoms with Crippen molar-refractivity contribution < 1.29 is 24.5 Å². The molecule has 5 nitrogen and oxygen atoms in total. The monoisotopic (exact) mass is 308 g/mol. The Bertz CT molecular complexity index is 585. The normalized spacial score (nSPS) is 12.3. The minimum absolute atomic E-state index is 0.147. The molecule has 1 aromatic rings. The van der Waals surface area contributed by atoms with E-state index in [4.69, 9.17) is 4.74 Å². The van der Waals surface area contributed by atoms with Crippen LogP contribution in [0.3, 0.4) is 0 Å². The van der Waals surface area contributed by atoms with Crippen LogP contribution in [-0.2, 0) is 20.4 Å². The van der Waals surface area contributed by atoms with E-state index in [0.29, 0.717) is 16.9 Å². The fraction of sp³-hybridized carbons (Fsp3) is 0.529. The highest BCUT2D eigenvalue weighted by Gasteiger charge is 2.41. The molecule has 0 aromatic heterocycles. The number of hydrogen-bond donors (Lipinski definition) is 2. The molecule has 1 rings (SSSR count). The van der Waals surface area contributed by atoms with Gasteiger partial charge >= 0.3 is 11.9 Å². The van der Waals surface area contributed by atoms with E-state index in [9.17, 15) is 19.8 Å². The third-order valence-corrected chi connectivity index (χ3v) is 3.76. The van der Waals surface area contributed by atoms with E-state index in [-0.39, 0.29) is 6.10 Å². The minimum atomic E-state index is -1.27. The highest BCUT2D eigenvalue weighted by Crippen LogP contribution is 2.40. The van der Waals surface area contributed by atoms with E-state index in [1.165, 1.54) is 0 Å². The Morgan fingerprint density at radius 2 is 1.50 bits per heavy atom. The number of carboxylic acids is 2. The molecule has 122 valence electrons. The van der Waals surface area contributed by atoms with E-state index in [1.807, 2.05) is 13.8 Å². The molecule has 2 N–H and O–H groups in total. The van der Waals surface area contributed by atoms with Crippen molar-refractivity contribution in [3.05, 3.63) is 29.3 Å². The van der Waals surface area contributed by atoms with Gasteiger partial charge < -0.3 is 14.9 Å². The molecule has 0 atom stereocenters. The Balaban J connectivity index is 3.72. The molecule has 0 saturated carbocycles. The van der Waals surface area contributed by atoms with Crippen molar-refractivity contribution in [1.82, 2.24) is 0 Å². The van der Waals surface area contributed by atoms with Gasteiger partial charge in [-0.1, -0.05) is 12.1 Å². The van der Waals surface area contributed by atoms with Crippen LogP contribution in [0.1, 0.15) is 52.7 Å². The van der Waals surface area contributed by atoms with Gasteiger partial charge in [-0.05, 0) is 53.2 Å². The number of aliphatic carboxylic acids is 2. The van der Waals surface area contributed by atoms with Crippen molar-refractivity contribution in [3.63, 3.8) is 0 Å². The van der Waals surface area contributed by atoms with Gasteiger partial charge in [0.1, 0.15) is 5.75 Å². The summed E-state index contributed by atoms with van der Waals surface area (Å²) >= 11 is 0. The first-order valence-corrected chi connectivity index (χ1v) is 7.19. The number of benzene rings is 1. The molecule has 0 aliphatic heterocycles. The maximum Gasteiger partial charge on any atom is 0.313 e. The first-order chi connectivity index (χ1) is 9.92. The third-order valence-electron chi connectivity index (χ3n) is 3.76. The summed E-state index contributed by atoms with van der Waals surface area (Å²) in [5.74, 6) is -1.64. The van der Waals surface area contributed by atoms with Gasteiger partial charge in [-0.2, -0.15) is 0 Å². The predicted molar refractivity (Wildman–Crippen MR) is 83.5 cm³/mol. The quantitative estimate of drug-likeness (QED) is 0.843. The topological polar surface area (TPSA) is 83.8 Å². The molecule has 0 spiro atoms. The fourth-order valence-corrected chi connectivity index (χ4v) is 2.27. The maximum atomic E-state index is 11.7. The molecule has 0 aliphatic rings. The fourth-order valence-electron chi connectivity index (χ4n) is 2.27. The summed E-state index contributed by atoms with van der Waals surface area (Å²) in [6.07, 6.45) is -0.147. The Labute approximate surface area is 130 Å². The summed E-state index contributed by atoms with van der Waals surface area (Å²) in [5, 5.41) is 19.1. The molecule has 0 heterocycles. The minimum Gasteiger partial charge on any atom is -0.491 e.